The van der Waals surface area contributed by atoms with Gasteiger partial charge in [-0.25, -0.2) is 12.7 Å². The fourth-order valence-electron chi connectivity index (χ4n) is 1.78. The number of anilines is 1. The minimum atomic E-state index is -3.35. The Kier molecular flexibility index (Phi) is 6.98. The van der Waals surface area contributed by atoms with Crippen molar-refractivity contribution in [3.8, 4) is 0 Å². The van der Waals surface area contributed by atoms with Crippen LogP contribution in [0.4, 0.5) is 5.69 Å². The number of aliphatic hydroxyl groups excluding tert-OH is 1. The van der Waals surface area contributed by atoms with Crippen LogP contribution in [-0.2, 0) is 10.0 Å². The molecule has 20 heavy (non-hydrogen) atoms. The predicted octanol–water partition coefficient (Wildman–Crippen LogP) is 1.90. The third-order valence-electron chi connectivity index (χ3n) is 3.05. The Hall–Kier alpha value is -1.11. The monoisotopic (exact) mass is 300 g/mol. The molecule has 2 N–H and O–H groups in total. The van der Waals surface area contributed by atoms with Gasteiger partial charge in [0.1, 0.15) is 0 Å². The number of rotatable bonds is 9. The van der Waals surface area contributed by atoms with Crippen molar-refractivity contribution >= 4 is 15.7 Å². The minimum absolute atomic E-state index is 0.259. The van der Waals surface area contributed by atoms with E-state index in [0.717, 1.165) is 37.9 Å². The highest BCUT2D eigenvalue weighted by Gasteiger charge is 2.16. The number of nitrogens with one attached hydrogen (secondary N) is 1. The van der Waals surface area contributed by atoms with E-state index in [1.165, 1.54) is 18.4 Å². The van der Waals surface area contributed by atoms with Gasteiger partial charge in [0.15, 0.2) is 0 Å². The molecule has 0 amide bonds. The standard InChI is InChI=1S/C14H24N2O3S/c1-16(2)20(18,19)14-9-7-13(8-10-14)15-11-5-3-4-6-12-17/h7-10,15,17H,3-6,11-12H2,1-2H3. The molecule has 5 nitrogen and oxygen atoms in total. The van der Waals surface area contributed by atoms with Gasteiger partial charge in [0, 0.05) is 32.9 Å². The summed E-state index contributed by atoms with van der Waals surface area (Å²) in [4.78, 5) is 0.302. The van der Waals surface area contributed by atoms with Crippen LogP contribution in [0.15, 0.2) is 29.2 Å². The Balaban J connectivity index is 2.44. The van der Waals surface area contributed by atoms with E-state index in [4.69, 9.17) is 5.11 Å². The summed E-state index contributed by atoms with van der Waals surface area (Å²) >= 11 is 0. The van der Waals surface area contributed by atoms with Crippen LogP contribution in [0.2, 0.25) is 0 Å². The Labute approximate surface area is 121 Å². The molecule has 0 fully saturated rings. The molecule has 0 spiro atoms. The molecule has 0 aromatic heterocycles. The second-order valence-electron chi connectivity index (χ2n) is 4.88. The Bertz CT molecular complexity index is 484. The third kappa shape index (κ3) is 5.11. The van der Waals surface area contributed by atoms with Crippen molar-refractivity contribution in [1.82, 2.24) is 4.31 Å². The Morgan fingerprint density at radius 3 is 2.20 bits per heavy atom. The fraction of sp³-hybridized carbons (Fsp3) is 0.571. The zero-order valence-electron chi connectivity index (χ0n) is 12.2. The Morgan fingerprint density at radius 1 is 1.05 bits per heavy atom. The molecule has 0 radical (unpaired) electrons. The van der Waals surface area contributed by atoms with Gasteiger partial charge in [0.05, 0.1) is 4.90 Å². The summed E-state index contributed by atoms with van der Waals surface area (Å²) in [5, 5.41) is 11.9. The molecular weight excluding hydrogens is 276 g/mol. The second-order valence-corrected chi connectivity index (χ2v) is 7.03. The van der Waals surface area contributed by atoms with Crippen molar-refractivity contribution in [3.63, 3.8) is 0 Å². The number of hydrogen-bond donors (Lipinski definition) is 2. The van der Waals surface area contributed by atoms with Gasteiger partial charge >= 0.3 is 0 Å². The van der Waals surface area contributed by atoms with E-state index in [9.17, 15) is 8.42 Å². The lowest BCUT2D eigenvalue weighted by Crippen LogP contribution is -2.22. The van der Waals surface area contributed by atoms with E-state index >= 15 is 0 Å². The van der Waals surface area contributed by atoms with Crippen LogP contribution in [-0.4, -0.2) is 45.1 Å². The number of sulfonamides is 1. The van der Waals surface area contributed by atoms with Crippen molar-refractivity contribution in [1.29, 1.82) is 0 Å². The first kappa shape index (κ1) is 16.9. The number of hydrogen-bond acceptors (Lipinski definition) is 4. The first-order valence-corrected chi connectivity index (χ1v) is 8.30. The minimum Gasteiger partial charge on any atom is -0.396 e. The molecule has 0 saturated heterocycles. The van der Waals surface area contributed by atoms with Crippen LogP contribution in [0.25, 0.3) is 0 Å². The summed E-state index contributed by atoms with van der Waals surface area (Å²) in [7, 11) is -0.304. The van der Waals surface area contributed by atoms with E-state index in [-0.39, 0.29) is 6.61 Å². The van der Waals surface area contributed by atoms with E-state index < -0.39 is 10.0 Å². The lowest BCUT2D eigenvalue weighted by molar-refractivity contribution is 0.283. The summed E-state index contributed by atoms with van der Waals surface area (Å²) in [5.41, 5.74) is 0.921. The zero-order chi connectivity index (χ0) is 15.0. The Morgan fingerprint density at radius 2 is 1.65 bits per heavy atom. The highest BCUT2D eigenvalue weighted by atomic mass is 32.2. The first-order chi connectivity index (χ1) is 9.48. The molecule has 0 unspecified atom stereocenters. The van der Waals surface area contributed by atoms with Gasteiger partial charge in [-0.3, -0.25) is 0 Å². The average Bonchev–Trinajstić information content (AvgIpc) is 2.43. The maximum atomic E-state index is 11.9. The van der Waals surface area contributed by atoms with E-state index in [1.54, 1.807) is 24.3 Å². The average molecular weight is 300 g/mol. The largest absolute Gasteiger partial charge is 0.396 e. The molecule has 1 aromatic rings. The molecule has 1 aromatic carbocycles. The molecule has 0 aliphatic carbocycles. The van der Waals surface area contributed by atoms with Crippen molar-refractivity contribution in [2.45, 2.75) is 30.6 Å². The lowest BCUT2D eigenvalue weighted by atomic mass is 10.2. The van der Waals surface area contributed by atoms with Gasteiger partial charge in [-0.15, -0.1) is 0 Å². The number of aliphatic hydroxyl groups is 1. The van der Waals surface area contributed by atoms with Crippen LogP contribution in [0.1, 0.15) is 25.7 Å². The van der Waals surface area contributed by atoms with Crippen LogP contribution < -0.4 is 5.32 Å². The molecule has 6 heteroatoms. The van der Waals surface area contributed by atoms with Crippen LogP contribution in [0, 0.1) is 0 Å². The van der Waals surface area contributed by atoms with Gasteiger partial charge in [-0.05, 0) is 37.1 Å². The highest BCUT2D eigenvalue weighted by molar-refractivity contribution is 7.89. The first-order valence-electron chi connectivity index (χ1n) is 6.86. The van der Waals surface area contributed by atoms with Crippen molar-refractivity contribution in [2.24, 2.45) is 0 Å². The highest BCUT2D eigenvalue weighted by Crippen LogP contribution is 2.16. The topological polar surface area (TPSA) is 69.6 Å². The number of nitrogens with zero attached hydrogens (tertiary/aromatic N) is 1. The maximum absolute atomic E-state index is 11.9. The second kappa shape index (κ2) is 8.24. The third-order valence-corrected chi connectivity index (χ3v) is 4.88. The molecular formula is C14H24N2O3S. The summed E-state index contributed by atoms with van der Waals surface area (Å²) in [5.74, 6) is 0. The van der Waals surface area contributed by atoms with Crippen LogP contribution >= 0.6 is 0 Å². The number of unbranched alkanes of at least 4 members (excludes halogenated alkanes) is 3. The molecule has 114 valence electrons. The van der Waals surface area contributed by atoms with E-state index in [0.29, 0.717) is 4.90 Å². The molecule has 0 bridgehead atoms. The van der Waals surface area contributed by atoms with Gasteiger partial charge in [0.25, 0.3) is 0 Å². The smallest absolute Gasteiger partial charge is 0.242 e. The molecule has 0 aliphatic heterocycles. The lowest BCUT2D eigenvalue weighted by Gasteiger charge is -2.12. The van der Waals surface area contributed by atoms with Crippen molar-refractivity contribution in [3.05, 3.63) is 24.3 Å². The van der Waals surface area contributed by atoms with E-state index in [2.05, 4.69) is 5.32 Å². The molecule has 0 atom stereocenters. The summed E-state index contributed by atoms with van der Waals surface area (Å²) in [6.45, 7) is 1.11. The van der Waals surface area contributed by atoms with Gasteiger partial charge in [-0.1, -0.05) is 12.8 Å². The normalized spacial score (nSPS) is 11.8. The molecule has 0 aliphatic rings. The van der Waals surface area contributed by atoms with Crippen LogP contribution in [0.5, 0.6) is 0 Å². The van der Waals surface area contributed by atoms with E-state index in [1.807, 2.05) is 0 Å². The maximum Gasteiger partial charge on any atom is 0.242 e. The molecule has 1 rings (SSSR count). The summed E-state index contributed by atoms with van der Waals surface area (Å²) < 4.78 is 25.0. The fourth-order valence-corrected chi connectivity index (χ4v) is 2.68. The van der Waals surface area contributed by atoms with Gasteiger partial charge in [0.2, 0.25) is 10.0 Å². The van der Waals surface area contributed by atoms with Crippen LogP contribution in [0.3, 0.4) is 0 Å². The summed E-state index contributed by atoms with van der Waals surface area (Å²) in [6.07, 6.45) is 4.02. The van der Waals surface area contributed by atoms with Gasteiger partial charge < -0.3 is 10.4 Å². The predicted molar refractivity (Wildman–Crippen MR) is 81.4 cm³/mol. The molecule has 0 saturated carbocycles. The van der Waals surface area contributed by atoms with Gasteiger partial charge in [-0.2, -0.15) is 0 Å². The summed E-state index contributed by atoms with van der Waals surface area (Å²) in [6, 6.07) is 6.79. The van der Waals surface area contributed by atoms with Crippen molar-refractivity contribution < 1.29 is 13.5 Å². The van der Waals surface area contributed by atoms with Crippen molar-refractivity contribution in [2.75, 3.05) is 32.6 Å². The molecule has 0 heterocycles. The number of benzene rings is 1. The zero-order valence-corrected chi connectivity index (χ0v) is 13.0. The SMILES string of the molecule is CN(C)S(=O)(=O)c1ccc(NCCCCCCO)cc1. The quantitative estimate of drug-likeness (QED) is 0.683.